The van der Waals surface area contributed by atoms with E-state index in [1.807, 2.05) is 24.3 Å². The van der Waals surface area contributed by atoms with Crippen molar-refractivity contribution in [3.8, 4) is 11.5 Å². The summed E-state index contributed by atoms with van der Waals surface area (Å²) in [5.74, 6) is 0.700. The zero-order chi connectivity index (χ0) is 30.7. The van der Waals surface area contributed by atoms with E-state index in [4.69, 9.17) is 14.2 Å². The maximum atomic E-state index is 13.8. The molecule has 12 heteroatoms. The van der Waals surface area contributed by atoms with Crippen LogP contribution in [0.1, 0.15) is 36.6 Å². The number of aromatic nitrogens is 1. The number of carbonyl (C=O) groups is 1. The number of thiazole rings is 1. The van der Waals surface area contributed by atoms with E-state index in [1.54, 1.807) is 57.4 Å². The van der Waals surface area contributed by atoms with Crippen LogP contribution in [0.4, 0.5) is 5.69 Å². The van der Waals surface area contributed by atoms with Crippen molar-refractivity contribution in [3.63, 3.8) is 0 Å². The molecule has 4 aromatic rings. The average molecular weight is 665 g/mol. The van der Waals surface area contributed by atoms with Crippen LogP contribution < -0.4 is 24.4 Å². The van der Waals surface area contributed by atoms with Crippen LogP contribution in [0, 0.1) is 10.1 Å². The van der Waals surface area contributed by atoms with Gasteiger partial charge >= 0.3 is 5.97 Å². The Labute approximate surface area is 258 Å². The summed E-state index contributed by atoms with van der Waals surface area (Å²) in [7, 11) is 1.56. The van der Waals surface area contributed by atoms with Crippen LogP contribution in [0.2, 0.25) is 0 Å². The van der Waals surface area contributed by atoms with Crippen LogP contribution in [0.25, 0.3) is 6.08 Å². The molecule has 220 valence electrons. The Balaban J connectivity index is 1.47. The molecule has 3 aromatic carbocycles. The first-order chi connectivity index (χ1) is 20.7. The molecule has 0 spiro atoms. The number of allylic oxidation sites excluding steroid dienone is 1. The largest absolute Gasteiger partial charge is 0.496 e. The number of rotatable bonds is 9. The lowest BCUT2D eigenvalue weighted by Crippen LogP contribution is -2.39. The lowest BCUT2D eigenvalue weighted by Gasteiger charge is -2.25. The number of nitro benzene ring substituents is 1. The molecule has 0 unspecified atom stereocenters. The number of hydrogen-bond donors (Lipinski definition) is 0. The van der Waals surface area contributed by atoms with E-state index in [0.29, 0.717) is 42.1 Å². The van der Waals surface area contributed by atoms with Crippen LogP contribution in [0.5, 0.6) is 11.5 Å². The van der Waals surface area contributed by atoms with E-state index in [-0.39, 0.29) is 24.5 Å². The quantitative estimate of drug-likeness (QED) is 0.139. The van der Waals surface area contributed by atoms with Gasteiger partial charge in [0.25, 0.3) is 11.2 Å². The number of methoxy groups -OCH3 is 1. The first-order valence-electron chi connectivity index (χ1n) is 13.2. The van der Waals surface area contributed by atoms with Gasteiger partial charge in [-0.1, -0.05) is 29.5 Å². The van der Waals surface area contributed by atoms with Gasteiger partial charge in [0.15, 0.2) is 4.80 Å². The molecule has 2 heterocycles. The van der Waals surface area contributed by atoms with Crippen LogP contribution in [-0.4, -0.2) is 29.2 Å². The number of esters is 1. The highest BCUT2D eigenvalue weighted by Crippen LogP contribution is 2.35. The zero-order valence-corrected chi connectivity index (χ0v) is 25.8. The van der Waals surface area contributed by atoms with Gasteiger partial charge in [0.05, 0.1) is 45.0 Å². The minimum absolute atomic E-state index is 0.0221. The molecule has 43 heavy (non-hydrogen) atoms. The first kappa shape index (κ1) is 29.9. The number of nitro groups is 1. The van der Waals surface area contributed by atoms with E-state index in [2.05, 4.69) is 20.9 Å². The fourth-order valence-electron chi connectivity index (χ4n) is 4.65. The number of carbonyl (C=O) groups excluding carboxylic acids is 1. The third-order valence-electron chi connectivity index (χ3n) is 6.74. The van der Waals surface area contributed by atoms with Gasteiger partial charge < -0.3 is 14.2 Å². The van der Waals surface area contributed by atoms with Crippen molar-refractivity contribution in [3.05, 3.63) is 129 Å². The molecule has 5 rings (SSSR count). The second-order valence-corrected chi connectivity index (χ2v) is 11.3. The standard InChI is InChI=1S/C31H26BrN3O7S/c1-4-41-30(37)27-18(2)33-31-34(28(27)21-9-14-25(40-3)24(32)16-21)29(36)26(43-31)15-19-7-12-23(13-8-19)42-17-20-5-10-22(11-6-20)35(38)39/h5-16,28H,4,17H2,1-3H3/b26-15+/t28-/m1/s1. The Morgan fingerprint density at radius 3 is 2.49 bits per heavy atom. The predicted molar refractivity (Wildman–Crippen MR) is 165 cm³/mol. The van der Waals surface area contributed by atoms with Gasteiger partial charge in [0.1, 0.15) is 18.1 Å². The highest BCUT2D eigenvalue weighted by atomic mass is 79.9. The van der Waals surface area contributed by atoms with Gasteiger partial charge in [-0.25, -0.2) is 9.79 Å². The van der Waals surface area contributed by atoms with E-state index >= 15 is 0 Å². The number of ether oxygens (including phenoxy) is 3. The second kappa shape index (κ2) is 12.8. The Bertz CT molecular complexity index is 1910. The molecule has 1 aliphatic heterocycles. The van der Waals surface area contributed by atoms with Crippen molar-refractivity contribution < 1.29 is 23.9 Å². The van der Waals surface area contributed by atoms with Gasteiger partial charge in [0.2, 0.25) is 0 Å². The molecule has 1 atom stereocenters. The van der Waals surface area contributed by atoms with Crippen LogP contribution in [0.15, 0.2) is 92.3 Å². The summed E-state index contributed by atoms with van der Waals surface area (Å²) in [6.45, 7) is 3.91. The topological polar surface area (TPSA) is 122 Å². The van der Waals surface area contributed by atoms with Crippen LogP contribution in [0.3, 0.4) is 0 Å². The number of fused-ring (bicyclic) bond motifs is 1. The highest BCUT2D eigenvalue weighted by molar-refractivity contribution is 9.10. The summed E-state index contributed by atoms with van der Waals surface area (Å²) < 4.78 is 19.2. The van der Waals surface area contributed by atoms with Gasteiger partial charge in [-0.05, 0) is 88.9 Å². The average Bonchev–Trinajstić information content (AvgIpc) is 3.30. The molecule has 0 fully saturated rings. The number of non-ortho nitro benzene ring substituents is 1. The van der Waals surface area contributed by atoms with E-state index in [0.717, 1.165) is 11.1 Å². The van der Waals surface area contributed by atoms with Gasteiger partial charge in [0, 0.05) is 12.1 Å². The molecule has 1 aliphatic rings. The van der Waals surface area contributed by atoms with Crippen molar-refractivity contribution in [2.45, 2.75) is 26.5 Å². The summed E-state index contributed by atoms with van der Waals surface area (Å²) in [5.41, 5.74) is 2.80. The van der Waals surface area contributed by atoms with E-state index < -0.39 is 16.9 Å². The van der Waals surface area contributed by atoms with Crippen molar-refractivity contribution in [1.29, 1.82) is 0 Å². The molecule has 1 aromatic heterocycles. The maximum absolute atomic E-state index is 13.8. The summed E-state index contributed by atoms with van der Waals surface area (Å²) >= 11 is 4.76. The van der Waals surface area contributed by atoms with Crippen molar-refractivity contribution in [2.75, 3.05) is 13.7 Å². The summed E-state index contributed by atoms with van der Waals surface area (Å²) in [5, 5.41) is 10.8. The number of benzene rings is 3. The Hall–Kier alpha value is -4.55. The minimum atomic E-state index is -0.741. The molecule has 0 bridgehead atoms. The van der Waals surface area contributed by atoms with Crippen LogP contribution in [-0.2, 0) is 16.1 Å². The summed E-state index contributed by atoms with van der Waals surface area (Å²) in [4.78, 5) is 42.4. The van der Waals surface area contributed by atoms with Gasteiger partial charge in [-0.15, -0.1) is 0 Å². The summed E-state index contributed by atoms with van der Waals surface area (Å²) in [6.07, 6.45) is 1.77. The van der Waals surface area contributed by atoms with Gasteiger partial charge in [-0.3, -0.25) is 19.5 Å². The predicted octanol–water partition coefficient (Wildman–Crippen LogP) is 5.06. The fraction of sp³-hybridized carbons (Fsp3) is 0.194. The second-order valence-electron chi connectivity index (χ2n) is 9.48. The molecule has 0 saturated heterocycles. The Morgan fingerprint density at radius 2 is 1.86 bits per heavy atom. The molecular formula is C31H26BrN3O7S. The Kier molecular flexibility index (Phi) is 8.88. The Morgan fingerprint density at radius 1 is 1.14 bits per heavy atom. The van der Waals surface area contributed by atoms with Crippen molar-refractivity contribution >= 4 is 45.0 Å². The monoisotopic (exact) mass is 663 g/mol. The third kappa shape index (κ3) is 6.30. The molecule has 10 nitrogen and oxygen atoms in total. The maximum Gasteiger partial charge on any atom is 0.338 e. The molecule has 0 N–H and O–H groups in total. The lowest BCUT2D eigenvalue weighted by atomic mass is 9.96. The zero-order valence-electron chi connectivity index (χ0n) is 23.4. The highest BCUT2D eigenvalue weighted by Gasteiger charge is 2.33. The molecule has 0 aliphatic carbocycles. The fourth-order valence-corrected chi connectivity index (χ4v) is 6.26. The third-order valence-corrected chi connectivity index (χ3v) is 8.34. The smallest absolute Gasteiger partial charge is 0.338 e. The molecular weight excluding hydrogens is 638 g/mol. The van der Waals surface area contributed by atoms with Gasteiger partial charge in [-0.2, -0.15) is 0 Å². The normalized spacial score (nSPS) is 14.6. The molecule has 0 radical (unpaired) electrons. The first-order valence-corrected chi connectivity index (χ1v) is 14.8. The SMILES string of the molecule is CCOC(=O)C1=C(C)N=c2s/c(=C/c3ccc(OCc4ccc([N+](=O)[O-])cc4)cc3)c(=O)n2[C@@H]1c1ccc(OC)c(Br)c1. The number of halogens is 1. The number of hydrogen-bond acceptors (Lipinski definition) is 9. The van der Waals surface area contributed by atoms with Crippen molar-refractivity contribution in [1.82, 2.24) is 4.57 Å². The minimum Gasteiger partial charge on any atom is -0.496 e. The number of nitrogens with zero attached hydrogens (tertiary/aromatic N) is 3. The molecule has 0 saturated carbocycles. The summed E-state index contributed by atoms with van der Waals surface area (Å²) in [6, 6.07) is 18.1. The van der Waals surface area contributed by atoms with E-state index in [9.17, 15) is 19.7 Å². The van der Waals surface area contributed by atoms with E-state index in [1.165, 1.54) is 28.0 Å². The lowest BCUT2D eigenvalue weighted by molar-refractivity contribution is -0.384. The van der Waals surface area contributed by atoms with Crippen LogP contribution >= 0.6 is 27.3 Å². The molecule has 0 amide bonds. The van der Waals surface area contributed by atoms with Crippen molar-refractivity contribution in [2.24, 2.45) is 4.99 Å².